The topological polar surface area (TPSA) is 57.6 Å². The van der Waals surface area contributed by atoms with Crippen LogP contribution in [0, 0.1) is 5.92 Å². The summed E-state index contributed by atoms with van der Waals surface area (Å²) < 4.78 is 1.01. The molecule has 1 aromatic carbocycles. The minimum atomic E-state index is -0.822. The molecule has 22 heavy (non-hydrogen) atoms. The van der Waals surface area contributed by atoms with Crippen LogP contribution in [0.5, 0.6) is 0 Å². The fourth-order valence-corrected chi connectivity index (χ4v) is 3.77. The van der Waals surface area contributed by atoms with Gasteiger partial charge in [0.1, 0.15) is 0 Å². The van der Waals surface area contributed by atoms with Crippen molar-refractivity contribution >= 4 is 39.1 Å². The van der Waals surface area contributed by atoms with E-state index in [0.717, 1.165) is 14.9 Å². The zero-order valence-corrected chi connectivity index (χ0v) is 14.1. The Labute approximate surface area is 140 Å². The zero-order valence-electron chi connectivity index (χ0n) is 11.7. The highest BCUT2D eigenvalue weighted by Gasteiger charge is 2.31. The lowest BCUT2D eigenvalue weighted by Gasteiger charge is -2.14. The van der Waals surface area contributed by atoms with Crippen molar-refractivity contribution in [3.05, 3.63) is 45.7 Å². The van der Waals surface area contributed by atoms with Gasteiger partial charge >= 0.3 is 5.97 Å². The van der Waals surface area contributed by atoms with Crippen molar-refractivity contribution in [3.63, 3.8) is 0 Å². The molecule has 0 bridgehead atoms. The first kappa shape index (κ1) is 15.2. The monoisotopic (exact) mass is 379 g/mol. The number of aliphatic carboxylic acids is 1. The van der Waals surface area contributed by atoms with Crippen molar-refractivity contribution in [2.45, 2.75) is 6.42 Å². The summed E-state index contributed by atoms with van der Waals surface area (Å²) in [6, 6.07) is 11.7. The number of benzene rings is 1. The molecule has 1 fully saturated rings. The van der Waals surface area contributed by atoms with E-state index in [9.17, 15) is 9.59 Å². The third kappa shape index (κ3) is 3.08. The number of carboxylic acids is 1. The highest BCUT2D eigenvalue weighted by molar-refractivity contribution is 9.10. The molecule has 1 aliphatic heterocycles. The van der Waals surface area contributed by atoms with Crippen LogP contribution in [0.2, 0.25) is 0 Å². The van der Waals surface area contributed by atoms with Crippen LogP contribution in [0.1, 0.15) is 16.1 Å². The van der Waals surface area contributed by atoms with Gasteiger partial charge in [0.15, 0.2) is 0 Å². The minimum Gasteiger partial charge on any atom is -0.481 e. The van der Waals surface area contributed by atoms with Crippen LogP contribution in [0.25, 0.3) is 10.4 Å². The summed E-state index contributed by atoms with van der Waals surface area (Å²) in [5, 5.41) is 9.02. The lowest BCUT2D eigenvalue weighted by atomic mass is 10.1. The number of hydrogen-bond donors (Lipinski definition) is 1. The predicted octanol–water partition coefficient (Wildman–Crippen LogP) is 3.72. The smallest absolute Gasteiger partial charge is 0.308 e. The van der Waals surface area contributed by atoms with E-state index in [1.165, 1.54) is 11.3 Å². The standard InChI is InChI=1S/C16H14BrNO3S/c17-12-3-1-10(2-4-12)13-5-6-14(22-13)15(19)18-8-7-11(9-18)16(20)21/h1-6,11H,7-9H2,(H,20,21). The summed E-state index contributed by atoms with van der Waals surface area (Å²) in [5.74, 6) is -1.33. The average molecular weight is 380 g/mol. The predicted molar refractivity (Wildman–Crippen MR) is 89.1 cm³/mol. The Kier molecular flexibility index (Phi) is 4.31. The van der Waals surface area contributed by atoms with Crippen LogP contribution >= 0.6 is 27.3 Å². The molecule has 1 unspecified atom stereocenters. The van der Waals surface area contributed by atoms with E-state index in [1.807, 2.05) is 36.4 Å². The summed E-state index contributed by atoms with van der Waals surface area (Å²) in [4.78, 5) is 26.8. The van der Waals surface area contributed by atoms with Crippen molar-refractivity contribution in [1.82, 2.24) is 4.90 Å². The normalized spacial score (nSPS) is 17.7. The number of halogens is 1. The molecule has 6 heteroatoms. The fraction of sp³-hybridized carbons (Fsp3) is 0.250. The van der Waals surface area contributed by atoms with Crippen LogP contribution < -0.4 is 0 Å². The van der Waals surface area contributed by atoms with Crippen LogP contribution in [0.15, 0.2) is 40.9 Å². The van der Waals surface area contributed by atoms with E-state index in [1.54, 1.807) is 4.90 Å². The summed E-state index contributed by atoms with van der Waals surface area (Å²) in [5.41, 5.74) is 1.07. The van der Waals surface area contributed by atoms with Crippen molar-refractivity contribution in [2.75, 3.05) is 13.1 Å². The number of amides is 1. The maximum atomic E-state index is 12.4. The summed E-state index contributed by atoms with van der Waals surface area (Å²) in [6.07, 6.45) is 0.534. The van der Waals surface area contributed by atoms with Gasteiger partial charge in [-0.3, -0.25) is 9.59 Å². The Morgan fingerprint density at radius 1 is 1.18 bits per heavy atom. The number of hydrogen-bond acceptors (Lipinski definition) is 3. The number of carbonyl (C=O) groups is 2. The van der Waals surface area contributed by atoms with Crippen molar-refractivity contribution in [3.8, 4) is 10.4 Å². The van der Waals surface area contributed by atoms with Crippen LogP contribution in [0.4, 0.5) is 0 Å². The first-order valence-corrected chi connectivity index (χ1v) is 8.53. The molecule has 114 valence electrons. The van der Waals surface area contributed by atoms with Gasteiger partial charge in [-0.05, 0) is 36.2 Å². The van der Waals surface area contributed by atoms with Crippen molar-refractivity contribution < 1.29 is 14.7 Å². The number of nitrogens with zero attached hydrogens (tertiary/aromatic N) is 1. The number of carbonyl (C=O) groups excluding carboxylic acids is 1. The average Bonchev–Trinajstić information content (AvgIpc) is 3.17. The molecular weight excluding hydrogens is 366 g/mol. The summed E-state index contributed by atoms with van der Waals surface area (Å²) in [7, 11) is 0. The fourth-order valence-electron chi connectivity index (χ4n) is 2.52. The molecule has 0 aliphatic carbocycles. The molecule has 3 rings (SSSR count). The molecule has 1 aromatic heterocycles. The highest BCUT2D eigenvalue weighted by atomic mass is 79.9. The first-order chi connectivity index (χ1) is 10.5. The van der Waals surface area contributed by atoms with Gasteiger partial charge in [0.2, 0.25) is 0 Å². The van der Waals surface area contributed by atoms with Crippen LogP contribution in [-0.4, -0.2) is 35.0 Å². The lowest BCUT2D eigenvalue weighted by Crippen LogP contribution is -2.29. The number of carboxylic acid groups (broad SMARTS) is 1. The van der Waals surface area contributed by atoms with E-state index in [0.29, 0.717) is 24.4 Å². The minimum absolute atomic E-state index is 0.0721. The van der Waals surface area contributed by atoms with Gasteiger partial charge < -0.3 is 10.0 Å². The molecule has 2 aromatic rings. The molecule has 1 N–H and O–H groups in total. The molecule has 0 radical (unpaired) electrons. The van der Waals surface area contributed by atoms with Crippen molar-refractivity contribution in [2.24, 2.45) is 5.92 Å². The lowest BCUT2D eigenvalue weighted by molar-refractivity contribution is -0.141. The molecule has 2 heterocycles. The second kappa shape index (κ2) is 6.22. The molecule has 4 nitrogen and oxygen atoms in total. The zero-order chi connectivity index (χ0) is 15.7. The Balaban J connectivity index is 1.75. The van der Waals surface area contributed by atoms with Gasteiger partial charge in [-0.15, -0.1) is 11.3 Å². The molecule has 1 atom stereocenters. The third-order valence-electron chi connectivity index (χ3n) is 3.77. The van der Waals surface area contributed by atoms with Gasteiger partial charge in [-0.1, -0.05) is 28.1 Å². The second-order valence-electron chi connectivity index (χ2n) is 5.25. The maximum absolute atomic E-state index is 12.4. The molecule has 1 saturated heterocycles. The number of thiophene rings is 1. The van der Waals surface area contributed by atoms with Gasteiger partial charge in [-0.25, -0.2) is 0 Å². The third-order valence-corrected chi connectivity index (χ3v) is 5.42. The van der Waals surface area contributed by atoms with Gasteiger partial charge in [-0.2, -0.15) is 0 Å². The maximum Gasteiger partial charge on any atom is 0.308 e. The molecule has 1 aliphatic rings. The van der Waals surface area contributed by atoms with Crippen LogP contribution in [0.3, 0.4) is 0 Å². The first-order valence-electron chi connectivity index (χ1n) is 6.92. The Bertz CT molecular complexity index is 710. The van der Waals surface area contributed by atoms with Gasteiger partial charge in [0.25, 0.3) is 5.91 Å². The van der Waals surface area contributed by atoms with E-state index in [-0.39, 0.29) is 5.91 Å². The van der Waals surface area contributed by atoms with Gasteiger partial charge in [0.05, 0.1) is 10.8 Å². The SMILES string of the molecule is O=C(O)C1CCN(C(=O)c2ccc(-c3ccc(Br)cc3)s2)C1. The van der Waals surface area contributed by atoms with E-state index >= 15 is 0 Å². The molecule has 0 saturated carbocycles. The van der Waals surface area contributed by atoms with E-state index in [4.69, 9.17) is 5.11 Å². The molecular formula is C16H14BrNO3S. The van der Waals surface area contributed by atoms with E-state index < -0.39 is 11.9 Å². The summed E-state index contributed by atoms with van der Waals surface area (Å²) in [6.45, 7) is 0.820. The van der Waals surface area contributed by atoms with E-state index in [2.05, 4.69) is 15.9 Å². The van der Waals surface area contributed by atoms with Crippen molar-refractivity contribution in [1.29, 1.82) is 0 Å². The Morgan fingerprint density at radius 3 is 2.55 bits per heavy atom. The molecule has 0 spiro atoms. The Hall–Kier alpha value is -1.66. The van der Waals surface area contributed by atoms with Crippen LogP contribution in [-0.2, 0) is 4.79 Å². The quantitative estimate of drug-likeness (QED) is 0.883. The second-order valence-corrected chi connectivity index (χ2v) is 7.25. The highest BCUT2D eigenvalue weighted by Crippen LogP contribution is 2.30. The molecule has 1 amide bonds. The summed E-state index contributed by atoms with van der Waals surface area (Å²) >= 11 is 4.85. The number of likely N-dealkylation sites (tertiary alicyclic amines) is 1. The largest absolute Gasteiger partial charge is 0.481 e. The Morgan fingerprint density at radius 2 is 1.91 bits per heavy atom. The number of rotatable bonds is 3. The van der Waals surface area contributed by atoms with Gasteiger partial charge in [0, 0.05) is 22.4 Å².